The maximum atomic E-state index is 12.2. The predicted octanol–water partition coefficient (Wildman–Crippen LogP) is 2.93. The van der Waals surface area contributed by atoms with E-state index in [2.05, 4.69) is 21.0 Å². The third-order valence-electron chi connectivity index (χ3n) is 2.91. The molecule has 0 aliphatic carbocycles. The number of aromatic nitrogens is 2. The molecular formula is C14H15BrN2O2. The first-order chi connectivity index (χ1) is 9.01. The van der Waals surface area contributed by atoms with E-state index in [0.717, 1.165) is 15.9 Å². The second-order valence-electron chi connectivity index (χ2n) is 4.35. The molecule has 0 N–H and O–H groups in total. The monoisotopic (exact) mass is 322 g/mol. The van der Waals surface area contributed by atoms with Crippen molar-refractivity contribution in [2.75, 3.05) is 7.11 Å². The van der Waals surface area contributed by atoms with Crippen molar-refractivity contribution in [2.24, 2.45) is 7.05 Å². The van der Waals surface area contributed by atoms with Crippen LogP contribution in [0.4, 0.5) is 0 Å². The van der Waals surface area contributed by atoms with Crippen molar-refractivity contribution in [3.8, 4) is 5.75 Å². The Bertz CT molecular complexity index is 620. The van der Waals surface area contributed by atoms with Gasteiger partial charge in [-0.2, -0.15) is 5.10 Å². The fourth-order valence-corrected chi connectivity index (χ4v) is 2.48. The molecule has 0 atom stereocenters. The van der Waals surface area contributed by atoms with Crippen LogP contribution in [0.2, 0.25) is 0 Å². The lowest BCUT2D eigenvalue weighted by Gasteiger charge is -2.06. The largest absolute Gasteiger partial charge is 0.496 e. The number of carbonyl (C=O) groups is 1. The van der Waals surface area contributed by atoms with Gasteiger partial charge < -0.3 is 4.74 Å². The van der Waals surface area contributed by atoms with Gasteiger partial charge in [-0.25, -0.2) is 0 Å². The molecule has 2 rings (SSSR count). The van der Waals surface area contributed by atoms with Crippen LogP contribution in [0.1, 0.15) is 21.7 Å². The summed E-state index contributed by atoms with van der Waals surface area (Å²) in [6, 6.07) is 7.27. The van der Waals surface area contributed by atoms with Crippen LogP contribution in [0.15, 0.2) is 28.7 Å². The van der Waals surface area contributed by atoms with Gasteiger partial charge in [-0.15, -0.1) is 0 Å². The number of halogens is 1. The van der Waals surface area contributed by atoms with Crippen LogP contribution in [0, 0.1) is 6.92 Å². The van der Waals surface area contributed by atoms with Crippen LogP contribution in [0.5, 0.6) is 5.75 Å². The molecule has 4 nitrogen and oxygen atoms in total. The highest BCUT2D eigenvalue weighted by molar-refractivity contribution is 9.10. The highest BCUT2D eigenvalue weighted by Gasteiger charge is 2.12. The number of nitrogens with zero attached hydrogens (tertiary/aromatic N) is 2. The average molecular weight is 323 g/mol. The predicted molar refractivity (Wildman–Crippen MR) is 76.7 cm³/mol. The summed E-state index contributed by atoms with van der Waals surface area (Å²) in [6.45, 7) is 1.91. The van der Waals surface area contributed by atoms with E-state index in [1.807, 2.05) is 20.0 Å². The van der Waals surface area contributed by atoms with E-state index in [4.69, 9.17) is 4.74 Å². The van der Waals surface area contributed by atoms with Crippen molar-refractivity contribution >= 4 is 21.7 Å². The molecular weight excluding hydrogens is 308 g/mol. The molecule has 19 heavy (non-hydrogen) atoms. The van der Waals surface area contributed by atoms with Crippen LogP contribution >= 0.6 is 15.9 Å². The second kappa shape index (κ2) is 5.57. The summed E-state index contributed by atoms with van der Waals surface area (Å²) < 4.78 is 7.67. The third-order valence-corrected chi connectivity index (χ3v) is 3.53. The van der Waals surface area contributed by atoms with Gasteiger partial charge in [-0.1, -0.05) is 0 Å². The Hall–Kier alpha value is -1.62. The molecule has 5 heteroatoms. The average Bonchev–Trinajstić information content (AvgIpc) is 2.67. The molecule has 0 spiro atoms. The van der Waals surface area contributed by atoms with Gasteiger partial charge in [0.15, 0.2) is 5.78 Å². The minimum absolute atomic E-state index is 0.0614. The van der Waals surface area contributed by atoms with Crippen LogP contribution in [-0.4, -0.2) is 22.7 Å². The van der Waals surface area contributed by atoms with Crippen molar-refractivity contribution in [2.45, 2.75) is 13.3 Å². The van der Waals surface area contributed by atoms with Crippen LogP contribution in [0.25, 0.3) is 0 Å². The van der Waals surface area contributed by atoms with Gasteiger partial charge in [-0.05, 0) is 47.1 Å². The minimum atomic E-state index is 0.0614. The second-order valence-corrected chi connectivity index (χ2v) is 5.20. The van der Waals surface area contributed by atoms with Gasteiger partial charge in [0.2, 0.25) is 0 Å². The summed E-state index contributed by atoms with van der Waals surface area (Å²) >= 11 is 3.38. The smallest absolute Gasteiger partial charge is 0.168 e. The van der Waals surface area contributed by atoms with Crippen LogP contribution < -0.4 is 4.74 Å². The molecule has 100 valence electrons. The Labute approximate surface area is 120 Å². The molecule has 0 saturated carbocycles. The lowest BCUT2D eigenvalue weighted by atomic mass is 10.1. The topological polar surface area (TPSA) is 44.1 Å². The number of ether oxygens (including phenoxy) is 1. The van der Waals surface area contributed by atoms with E-state index in [-0.39, 0.29) is 5.78 Å². The van der Waals surface area contributed by atoms with E-state index < -0.39 is 0 Å². The maximum Gasteiger partial charge on any atom is 0.168 e. The summed E-state index contributed by atoms with van der Waals surface area (Å²) in [4.78, 5) is 12.2. The number of carbonyl (C=O) groups excluding carboxylic acids is 1. The first-order valence-corrected chi connectivity index (χ1v) is 6.67. The van der Waals surface area contributed by atoms with Gasteiger partial charge in [0, 0.05) is 18.3 Å². The molecule has 1 aromatic heterocycles. The number of hydrogen-bond donors (Lipinski definition) is 0. The number of ketones is 1. The van der Waals surface area contributed by atoms with E-state index >= 15 is 0 Å². The third kappa shape index (κ3) is 3.04. The molecule has 0 unspecified atom stereocenters. The van der Waals surface area contributed by atoms with Crippen molar-refractivity contribution in [3.05, 3.63) is 45.7 Å². The zero-order valence-electron chi connectivity index (χ0n) is 11.1. The zero-order valence-corrected chi connectivity index (χ0v) is 12.7. The SMILES string of the molecule is COc1ccc(C(=O)Cc2cc(C)nn2C)cc1Br. The molecule has 0 radical (unpaired) electrons. The first-order valence-electron chi connectivity index (χ1n) is 5.87. The molecule has 0 bridgehead atoms. The normalized spacial score (nSPS) is 10.5. The molecule has 0 fully saturated rings. The summed E-state index contributed by atoms with van der Waals surface area (Å²) in [5.41, 5.74) is 2.49. The Morgan fingerprint density at radius 1 is 1.42 bits per heavy atom. The van der Waals surface area contributed by atoms with Crippen LogP contribution in [0.3, 0.4) is 0 Å². The summed E-state index contributed by atoms with van der Waals surface area (Å²) in [5, 5.41) is 4.24. The van der Waals surface area contributed by atoms with E-state index in [0.29, 0.717) is 17.7 Å². The summed E-state index contributed by atoms with van der Waals surface area (Å²) in [7, 11) is 3.44. The minimum Gasteiger partial charge on any atom is -0.496 e. The van der Waals surface area contributed by atoms with E-state index in [1.54, 1.807) is 30.0 Å². The fraction of sp³-hybridized carbons (Fsp3) is 0.286. The molecule has 1 aromatic carbocycles. The van der Waals surface area contributed by atoms with Gasteiger partial charge >= 0.3 is 0 Å². The van der Waals surface area contributed by atoms with Crippen LogP contribution in [-0.2, 0) is 13.5 Å². The quantitative estimate of drug-likeness (QED) is 0.813. The summed E-state index contributed by atoms with van der Waals surface area (Å²) in [6.07, 6.45) is 0.343. The van der Waals surface area contributed by atoms with Crippen molar-refractivity contribution in [1.82, 2.24) is 9.78 Å². The lowest BCUT2D eigenvalue weighted by Crippen LogP contribution is -2.08. The number of Topliss-reactive ketones (excluding diaryl/α,β-unsaturated/α-hetero) is 1. The highest BCUT2D eigenvalue weighted by Crippen LogP contribution is 2.26. The molecule has 0 amide bonds. The molecule has 2 aromatic rings. The van der Waals surface area contributed by atoms with Gasteiger partial charge in [-0.3, -0.25) is 9.48 Å². The highest BCUT2D eigenvalue weighted by atomic mass is 79.9. The number of rotatable bonds is 4. The van der Waals surface area contributed by atoms with Crippen molar-refractivity contribution < 1.29 is 9.53 Å². The Morgan fingerprint density at radius 3 is 2.68 bits per heavy atom. The maximum absolute atomic E-state index is 12.2. The fourth-order valence-electron chi connectivity index (χ4n) is 1.94. The Kier molecular flexibility index (Phi) is 4.04. The van der Waals surface area contributed by atoms with Crippen molar-refractivity contribution in [3.63, 3.8) is 0 Å². The van der Waals surface area contributed by atoms with Gasteiger partial charge in [0.1, 0.15) is 5.75 Å². The summed E-state index contributed by atoms with van der Waals surface area (Å²) in [5.74, 6) is 0.777. The zero-order chi connectivity index (χ0) is 14.0. The van der Waals surface area contributed by atoms with E-state index in [9.17, 15) is 4.79 Å². The number of methoxy groups -OCH3 is 1. The standard InChI is InChI=1S/C14H15BrN2O2/c1-9-6-11(17(2)16-9)8-13(18)10-4-5-14(19-3)12(15)7-10/h4-7H,8H2,1-3H3. The molecule has 0 saturated heterocycles. The number of aryl methyl sites for hydroxylation is 2. The molecule has 0 aliphatic rings. The van der Waals surface area contributed by atoms with Crippen molar-refractivity contribution in [1.29, 1.82) is 0 Å². The van der Waals surface area contributed by atoms with Gasteiger partial charge in [0.25, 0.3) is 0 Å². The molecule has 1 heterocycles. The number of hydrogen-bond acceptors (Lipinski definition) is 3. The Morgan fingerprint density at radius 2 is 2.16 bits per heavy atom. The number of benzene rings is 1. The first kappa shape index (κ1) is 13.8. The van der Waals surface area contributed by atoms with E-state index in [1.165, 1.54) is 0 Å². The van der Waals surface area contributed by atoms with Gasteiger partial charge in [0.05, 0.1) is 23.7 Å². The lowest BCUT2D eigenvalue weighted by molar-refractivity contribution is 0.0990. The molecule has 0 aliphatic heterocycles. The Balaban J connectivity index is 2.20.